The number of benzene rings is 1. The summed E-state index contributed by atoms with van der Waals surface area (Å²) >= 11 is 0. The second-order valence-electron chi connectivity index (χ2n) is 9.73. The van der Waals surface area contributed by atoms with Gasteiger partial charge < -0.3 is 15.8 Å². The average Bonchev–Trinajstić information content (AvgIpc) is 2.68. The van der Waals surface area contributed by atoms with Crippen LogP contribution in [0.4, 0.5) is 19.0 Å². The number of halogens is 3. The molecule has 1 aliphatic rings. The van der Waals surface area contributed by atoms with Gasteiger partial charge in [0.2, 0.25) is 5.91 Å². The highest BCUT2D eigenvalue weighted by Crippen LogP contribution is 2.39. The fraction of sp³-hybridized carbons (Fsp3) is 0.520. The molecule has 1 amide bonds. The number of anilines is 1. The van der Waals surface area contributed by atoms with Gasteiger partial charge >= 0.3 is 6.18 Å². The number of carbonyl (C=O) groups excluding carboxylic acids is 1. The van der Waals surface area contributed by atoms with Crippen molar-refractivity contribution < 1.29 is 22.7 Å². The summed E-state index contributed by atoms with van der Waals surface area (Å²) in [6.45, 7) is 5.74. The van der Waals surface area contributed by atoms with Gasteiger partial charge in [0, 0.05) is 18.2 Å². The van der Waals surface area contributed by atoms with E-state index in [1.165, 1.54) is 12.3 Å². The monoisotopic (exact) mass is 463 g/mol. The third-order valence-corrected chi connectivity index (χ3v) is 5.78. The first kappa shape index (κ1) is 25.0. The molecule has 5 nitrogen and oxygen atoms in total. The summed E-state index contributed by atoms with van der Waals surface area (Å²) in [5.74, 6) is 0.637. The van der Waals surface area contributed by atoms with Gasteiger partial charge in [0.25, 0.3) is 0 Å². The molecular weight excluding hydrogens is 431 g/mol. The third-order valence-electron chi connectivity index (χ3n) is 5.78. The summed E-state index contributed by atoms with van der Waals surface area (Å²) in [6, 6.07) is 7.13. The van der Waals surface area contributed by atoms with E-state index >= 15 is 0 Å². The maximum atomic E-state index is 13.8. The molecule has 3 rings (SSSR count). The maximum Gasteiger partial charge on any atom is 0.419 e. The molecular formula is C25H32F3N3O2. The van der Waals surface area contributed by atoms with Crippen LogP contribution >= 0.6 is 0 Å². The molecule has 0 spiro atoms. The van der Waals surface area contributed by atoms with E-state index in [-0.39, 0.29) is 18.3 Å². The van der Waals surface area contributed by atoms with Crippen molar-refractivity contribution in [2.75, 3.05) is 11.9 Å². The number of nitrogens with zero attached hydrogens (tertiary/aromatic N) is 1. The van der Waals surface area contributed by atoms with E-state index in [0.717, 1.165) is 25.3 Å². The molecule has 8 heteroatoms. The van der Waals surface area contributed by atoms with Crippen LogP contribution in [0.25, 0.3) is 11.1 Å². The van der Waals surface area contributed by atoms with Gasteiger partial charge in [-0.1, -0.05) is 26.3 Å². The first-order chi connectivity index (χ1) is 15.4. The summed E-state index contributed by atoms with van der Waals surface area (Å²) in [6.07, 6.45) is 1.19. The topological polar surface area (TPSA) is 77.2 Å². The quantitative estimate of drug-likeness (QED) is 0.475. The van der Waals surface area contributed by atoms with Gasteiger partial charge in [0.05, 0.1) is 5.56 Å². The van der Waals surface area contributed by atoms with Gasteiger partial charge in [0.1, 0.15) is 18.2 Å². The minimum Gasteiger partial charge on any atom is -0.491 e. The molecule has 1 aliphatic carbocycles. The van der Waals surface area contributed by atoms with E-state index in [2.05, 4.69) is 10.3 Å². The Morgan fingerprint density at radius 2 is 1.91 bits per heavy atom. The smallest absolute Gasteiger partial charge is 0.419 e. The number of amides is 1. The van der Waals surface area contributed by atoms with E-state index in [1.807, 2.05) is 13.8 Å². The summed E-state index contributed by atoms with van der Waals surface area (Å²) < 4.78 is 47.0. The Bertz CT molecular complexity index is 970. The summed E-state index contributed by atoms with van der Waals surface area (Å²) in [7, 11) is 0. The van der Waals surface area contributed by atoms with Crippen molar-refractivity contribution in [2.45, 2.75) is 64.6 Å². The Morgan fingerprint density at radius 1 is 1.21 bits per heavy atom. The molecule has 1 aromatic heterocycles. The Kier molecular flexibility index (Phi) is 7.67. The average molecular weight is 464 g/mol. The molecule has 1 aromatic carbocycles. The molecule has 0 unspecified atom stereocenters. The van der Waals surface area contributed by atoms with E-state index < -0.39 is 17.3 Å². The normalized spacial score (nSPS) is 16.2. The lowest BCUT2D eigenvalue weighted by Gasteiger charge is -2.27. The highest BCUT2D eigenvalue weighted by atomic mass is 19.4. The van der Waals surface area contributed by atoms with Gasteiger partial charge in [0.15, 0.2) is 0 Å². The maximum absolute atomic E-state index is 13.8. The SMILES string of the molecule is CC(C)C[C@](C)(N)COc1ccc(-c2ccnc(NC(=O)CC3CCC3)c2)cc1C(F)(F)F. The van der Waals surface area contributed by atoms with Crippen LogP contribution in [0.5, 0.6) is 5.75 Å². The molecule has 0 radical (unpaired) electrons. The standard InChI is InChI=1S/C25H32F3N3O2/c1-16(2)14-24(3,29)15-33-21-8-7-18(12-20(21)25(26,27)28)19-9-10-30-22(13-19)31-23(32)11-17-5-4-6-17/h7-10,12-13,16-17H,4-6,11,14-15,29H2,1-3H3,(H,30,31,32)/t24-/m0/s1. The first-order valence-electron chi connectivity index (χ1n) is 11.3. The molecule has 1 heterocycles. The molecule has 1 atom stereocenters. The second kappa shape index (κ2) is 10.1. The van der Waals surface area contributed by atoms with E-state index in [1.54, 1.807) is 25.1 Å². The van der Waals surface area contributed by atoms with Crippen molar-refractivity contribution in [2.24, 2.45) is 17.6 Å². The highest BCUT2D eigenvalue weighted by Gasteiger charge is 2.35. The molecule has 0 bridgehead atoms. The lowest BCUT2D eigenvalue weighted by Crippen LogP contribution is -2.43. The number of pyridine rings is 1. The van der Waals surface area contributed by atoms with Gasteiger partial charge in [-0.05, 0) is 73.4 Å². The van der Waals surface area contributed by atoms with Crippen LogP contribution in [0.15, 0.2) is 36.5 Å². The van der Waals surface area contributed by atoms with Crippen molar-refractivity contribution in [3.8, 4) is 16.9 Å². The van der Waals surface area contributed by atoms with Crippen molar-refractivity contribution in [3.05, 3.63) is 42.1 Å². The summed E-state index contributed by atoms with van der Waals surface area (Å²) in [5.41, 5.74) is 5.46. The molecule has 0 aliphatic heterocycles. The van der Waals surface area contributed by atoms with Gasteiger partial charge in [-0.15, -0.1) is 0 Å². The number of alkyl halides is 3. The Labute approximate surface area is 192 Å². The zero-order valence-electron chi connectivity index (χ0n) is 19.3. The molecule has 180 valence electrons. The molecule has 3 N–H and O–H groups in total. The Hall–Kier alpha value is -2.61. The molecule has 2 aromatic rings. The minimum atomic E-state index is -4.60. The van der Waals surface area contributed by atoms with Crippen LogP contribution in [0.1, 0.15) is 58.4 Å². The van der Waals surface area contributed by atoms with Gasteiger partial charge in [-0.2, -0.15) is 13.2 Å². The van der Waals surface area contributed by atoms with Crippen LogP contribution < -0.4 is 15.8 Å². The minimum absolute atomic E-state index is 0.0277. The Balaban J connectivity index is 1.79. The van der Waals surface area contributed by atoms with Crippen LogP contribution in [0.3, 0.4) is 0 Å². The zero-order valence-corrected chi connectivity index (χ0v) is 19.3. The lowest BCUT2D eigenvalue weighted by atomic mass is 9.83. The van der Waals surface area contributed by atoms with E-state index in [9.17, 15) is 18.0 Å². The number of nitrogens with two attached hydrogens (primary N) is 1. The molecule has 1 saturated carbocycles. The zero-order chi connectivity index (χ0) is 24.2. The van der Waals surface area contributed by atoms with Crippen LogP contribution in [0.2, 0.25) is 0 Å². The number of rotatable bonds is 9. The fourth-order valence-corrected chi connectivity index (χ4v) is 4.12. The predicted molar refractivity (Wildman–Crippen MR) is 123 cm³/mol. The first-order valence-corrected chi connectivity index (χ1v) is 11.3. The van der Waals surface area contributed by atoms with Gasteiger partial charge in [-0.25, -0.2) is 4.98 Å². The van der Waals surface area contributed by atoms with Crippen LogP contribution in [-0.2, 0) is 11.0 Å². The number of hydrogen-bond acceptors (Lipinski definition) is 4. The third kappa shape index (κ3) is 7.19. The number of hydrogen-bond donors (Lipinski definition) is 2. The fourth-order valence-electron chi connectivity index (χ4n) is 4.12. The number of carbonyl (C=O) groups is 1. The molecule has 33 heavy (non-hydrogen) atoms. The Morgan fingerprint density at radius 3 is 2.52 bits per heavy atom. The van der Waals surface area contributed by atoms with Crippen LogP contribution in [-0.4, -0.2) is 23.0 Å². The van der Waals surface area contributed by atoms with Crippen molar-refractivity contribution in [1.29, 1.82) is 0 Å². The number of ether oxygens (including phenoxy) is 1. The molecule has 1 fully saturated rings. The van der Waals surface area contributed by atoms with Crippen molar-refractivity contribution >= 4 is 11.7 Å². The number of aromatic nitrogens is 1. The number of nitrogens with one attached hydrogen (secondary N) is 1. The van der Waals surface area contributed by atoms with E-state index in [4.69, 9.17) is 10.5 Å². The second-order valence-corrected chi connectivity index (χ2v) is 9.73. The predicted octanol–water partition coefficient (Wildman–Crippen LogP) is 6.04. The van der Waals surface area contributed by atoms with E-state index in [0.29, 0.717) is 41.6 Å². The molecule has 0 saturated heterocycles. The lowest BCUT2D eigenvalue weighted by molar-refractivity contribution is -0.139. The van der Waals surface area contributed by atoms with Crippen LogP contribution in [0, 0.1) is 11.8 Å². The largest absolute Gasteiger partial charge is 0.491 e. The summed E-state index contributed by atoms with van der Waals surface area (Å²) in [4.78, 5) is 16.3. The van der Waals surface area contributed by atoms with Gasteiger partial charge in [-0.3, -0.25) is 4.79 Å². The van der Waals surface area contributed by atoms with Crippen molar-refractivity contribution in [1.82, 2.24) is 4.98 Å². The summed E-state index contributed by atoms with van der Waals surface area (Å²) in [5, 5.41) is 2.75. The highest BCUT2D eigenvalue weighted by molar-refractivity contribution is 5.90. The van der Waals surface area contributed by atoms with Crippen molar-refractivity contribution in [3.63, 3.8) is 0 Å².